The van der Waals surface area contributed by atoms with E-state index in [-0.39, 0.29) is 5.91 Å². The second-order valence-electron chi connectivity index (χ2n) is 14.1. The van der Waals surface area contributed by atoms with Gasteiger partial charge < -0.3 is 19.3 Å². The second kappa shape index (κ2) is 14.7. The molecule has 0 bridgehead atoms. The largest absolute Gasteiger partial charge is 0.345 e. The molecule has 2 aliphatic rings. The van der Waals surface area contributed by atoms with Crippen molar-refractivity contribution in [1.82, 2.24) is 24.2 Å². The average Bonchev–Trinajstić information content (AvgIpc) is 3.36. The van der Waals surface area contributed by atoms with Gasteiger partial charge in [-0.15, -0.1) is 0 Å². The van der Waals surface area contributed by atoms with Crippen molar-refractivity contribution in [3.05, 3.63) is 118 Å². The zero-order valence-corrected chi connectivity index (χ0v) is 29.1. The molecule has 2 fully saturated rings. The summed E-state index contributed by atoms with van der Waals surface area (Å²) in [5.74, 6) is 0.154. The van der Waals surface area contributed by atoms with Crippen molar-refractivity contribution in [2.75, 3.05) is 72.5 Å². The van der Waals surface area contributed by atoms with Gasteiger partial charge in [-0.25, -0.2) is 0 Å². The highest BCUT2D eigenvalue weighted by atomic mass is 16.2. The molecule has 0 aliphatic carbocycles. The molecule has 3 heterocycles. The lowest BCUT2D eigenvalue weighted by molar-refractivity contribution is 0.0638. The highest BCUT2D eigenvalue weighted by molar-refractivity contribution is 5.94. The number of fused-ring (bicyclic) bond motifs is 2. The van der Waals surface area contributed by atoms with Gasteiger partial charge in [0.05, 0.1) is 0 Å². The van der Waals surface area contributed by atoms with E-state index in [0.717, 1.165) is 57.7 Å². The SMILES string of the molecule is Cc1c(C)n(CCCN2CCN(C)CC2)c2ccc(Cc3cccc(C(=O)N4CCN(CCc5cccc6ccccc56)CC4)c3)cc12. The molecular formula is C42H51N5O. The van der Waals surface area contributed by atoms with Crippen LogP contribution in [0.3, 0.4) is 0 Å². The van der Waals surface area contributed by atoms with Gasteiger partial charge in [0, 0.05) is 87.6 Å². The van der Waals surface area contributed by atoms with Crippen molar-refractivity contribution < 1.29 is 4.79 Å². The van der Waals surface area contributed by atoms with E-state index in [1.165, 1.54) is 88.8 Å². The van der Waals surface area contributed by atoms with Crippen molar-refractivity contribution in [3.8, 4) is 0 Å². The smallest absolute Gasteiger partial charge is 0.253 e. The number of piperazine rings is 2. The zero-order chi connectivity index (χ0) is 33.0. The highest BCUT2D eigenvalue weighted by Crippen LogP contribution is 2.28. The van der Waals surface area contributed by atoms with Crippen LogP contribution < -0.4 is 0 Å². The summed E-state index contributed by atoms with van der Waals surface area (Å²) in [5, 5.41) is 4.01. The molecule has 5 aromatic rings. The summed E-state index contributed by atoms with van der Waals surface area (Å²) in [5.41, 5.74) is 8.79. The fraction of sp³-hybridized carbons (Fsp3) is 0.405. The fourth-order valence-electron chi connectivity index (χ4n) is 7.82. The lowest BCUT2D eigenvalue weighted by atomic mass is 10.00. The van der Waals surface area contributed by atoms with Crippen LogP contribution in [-0.4, -0.2) is 103 Å². The number of carbonyl (C=O) groups excluding carboxylic acids is 1. The maximum Gasteiger partial charge on any atom is 0.253 e. The number of aryl methyl sites for hydroxylation is 2. The molecule has 0 saturated carbocycles. The standard InChI is InChI=1S/C42H51N5O/c1-32-33(2)47(19-8-18-44-23-21-43(3)22-24-44)41-16-15-35(31-40(32)41)29-34-9-6-13-38(30-34)42(48)46-27-25-45(26-28-46)20-17-37-12-7-11-36-10-4-5-14-39(36)37/h4-7,9-16,30-31H,8,17-29H2,1-3H3. The maximum absolute atomic E-state index is 13.6. The Morgan fingerprint density at radius 1 is 0.667 bits per heavy atom. The van der Waals surface area contributed by atoms with Crippen LogP contribution in [0.5, 0.6) is 0 Å². The lowest BCUT2D eigenvalue weighted by Gasteiger charge is -2.35. The van der Waals surface area contributed by atoms with Crippen LogP contribution >= 0.6 is 0 Å². The number of likely N-dealkylation sites (N-methyl/N-ethyl adjacent to an activating group) is 1. The minimum atomic E-state index is 0.154. The normalized spacial score (nSPS) is 16.7. The number of nitrogens with zero attached hydrogens (tertiary/aromatic N) is 5. The number of amides is 1. The molecule has 250 valence electrons. The average molecular weight is 642 g/mol. The Morgan fingerprint density at radius 2 is 1.38 bits per heavy atom. The topological polar surface area (TPSA) is 35.0 Å². The maximum atomic E-state index is 13.6. The lowest BCUT2D eigenvalue weighted by Crippen LogP contribution is -2.49. The van der Waals surface area contributed by atoms with E-state index in [0.29, 0.717) is 0 Å². The molecule has 0 spiro atoms. The molecule has 0 atom stereocenters. The Kier molecular flexibility index (Phi) is 9.94. The molecule has 6 heteroatoms. The van der Waals surface area contributed by atoms with Gasteiger partial charge in [0.25, 0.3) is 5.91 Å². The number of hydrogen-bond donors (Lipinski definition) is 0. The Hall–Kier alpha value is -3.97. The number of hydrogen-bond acceptors (Lipinski definition) is 4. The Balaban J connectivity index is 0.942. The van der Waals surface area contributed by atoms with Crippen molar-refractivity contribution in [2.45, 2.75) is 39.7 Å². The van der Waals surface area contributed by atoms with E-state index in [1.54, 1.807) is 0 Å². The molecule has 1 amide bonds. The molecule has 4 aromatic carbocycles. The second-order valence-corrected chi connectivity index (χ2v) is 14.1. The van der Waals surface area contributed by atoms with Crippen LogP contribution in [0.15, 0.2) is 84.9 Å². The molecule has 0 N–H and O–H groups in total. The van der Waals surface area contributed by atoms with Gasteiger partial charge >= 0.3 is 0 Å². The van der Waals surface area contributed by atoms with Crippen LogP contribution in [0.25, 0.3) is 21.7 Å². The Labute approximate surface area is 286 Å². The molecule has 2 saturated heterocycles. The molecule has 6 nitrogen and oxygen atoms in total. The summed E-state index contributed by atoms with van der Waals surface area (Å²) in [6.45, 7) is 15.9. The van der Waals surface area contributed by atoms with Crippen LogP contribution in [0.2, 0.25) is 0 Å². The van der Waals surface area contributed by atoms with E-state index in [2.05, 4.69) is 113 Å². The van der Waals surface area contributed by atoms with Gasteiger partial charge in [-0.3, -0.25) is 9.69 Å². The van der Waals surface area contributed by atoms with Crippen molar-refractivity contribution in [1.29, 1.82) is 0 Å². The van der Waals surface area contributed by atoms with E-state index in [4.69, 9.17) is 0 Å². The summed E-state index contributed by atoms with van der Waals surface area (Å²) in [4.78, 5) is 23.2. The first-order valence-electron chi connectivity index (χ1n) is 18.0. The zero-order valence-electron chi connectivity index (χ0n) is 29.1. The van der Waals surface area contributed by atoms with Crippen LogP contribution in [-0.2, 0) is 19.4 Å². The minimum absolute atomic E-state index is 0.154. The van der Waals surface area contributed by atoms with Crippen molar-refractivity contribution in [3.63, 3.8) is 0 Å². The van der Waals surface area contributed by atoms with Gasteiger partial charge in [-0.1, -0.05) is 60.7 Å². The van der Waals surface area contributed by atoms with Crippen LogP contribution in [0.1, 0.15) is 44.7 Å². The number of rotatable bonds is 10. The van der Waals surface area contributed by atoms with Crippen LogP contribution in [0, 0.1) is 13.8 Å². The third kappa shape index (κ3) is 7.21. The first kappa shape index (κ1) is 32.6. The summed E-state index contributed by atoms with van der Waals surface area (Å²) < 4.78 is 2.52. The molecule has 7 rings (SSSR count). The van der Waals surface area contributed by atoms with E-state index >= 15 is 0 Å². The molecule has 0 unspecified atom stereocenters. The fourth-order valence-corrected chi connectivity index (χ4v) is 7.82. The van der Waals surface area contributed by atoms with Crippen LogP contribution in [0.4, 0.5) is 0 Å². The number of benzene rings is 4. The summed E-state index contributed by atoms with van der Waals surface area (Å²) in [7, 11) is 2.22. The van der Waals surface area contributed by atoms with Gasteiger partial charge in [0.1, 0.15) is 0 Å². The van der Waals surface area contributed by atoms with Gasteiger partial charge in [0.2, 0.25) is 0 Å². The Bertz CT molecular complexity index is 1870. The van der Waals surface area contributed by atoms with Crippen molar-refractivity contribution >= 4 is 27.6 Å². The van der Waals surface area contributed by atoms with Gasteiger partial charge in [0.15, 0.2) is 0 Å². The summed E-state index contributed by atoms with van der Waals surface area (Å²) in [6.07, 6.45) is 3.03. The first-order valence-corrected chi connectivity index (χ1v) is 18.0. The Morgan fingerprint density at radius 3 is 2.21 bits per heavy atom. The minimum Gasteiger partial charge on any atom is -0.345 e. The van der Waals surface area contributed by atoms with E-state index in [9.17, 15) is 4.79 Å². The molecule has 2 aliphatic heterocycles. The third-order valence-electron chi connectivity index (χ3n) is 11.0. The van der Waals surface area contributed by atoms with E-state index < -0.39 is 0 Å². The van der Waals surface area contributed by atoms with Gasteiger partial charge in [-0.2, -0.15) is 0 Å². The number of aromatic nitrogens is 1. The predicted molar refractivity (Wildman–Crippen MR) is 199 cm³/mol. The number of carbonyl (C=O) groups is 1. The molecule has 48 heavy (non-hydrogen) atoms. The quantitative estimate of drug-likeness (QED) is 0.171. The van der Waals surface area contributed by atoms with E-state index in [1.807, 2.05) is 17.0 Å². The third-order valence-corrected chi connectivity index (χ3v) is 11.0. The summed E-state index contributed by atoms with van der Waals surface area (Å²) in [6, 6.07) is 30.5. The first-order chi connectivity index (χ1) is 23.4. The van der Waals surface area contributed by atoms with Gasteiger partial charge in [-0.05, 0) is 104 Å². The predicted octanol–water partition coefficient (Wildman–Crippen LogP) is 6.64. The highest BCUT2D eigenvalue weighted by Gasteiger charge is 2.22. The monoisotopic (exact) mass is 641 g/mol. The summed E-state index contributed by atoms with van der Waals surface area (Å²) >= 11 is 0. The molecular weight excluding hydrogens is 590 g/mol. The van der Waals surface area contributed by atoms with Crippen molar-refractivity contribution in [2.24, 2.45) is 0 Å². The molecule has 0 radical (unpaired) electrons. The molecule has 1 aromatic heterocycles.